The minimum absolute atomic E-state index is 0.151. The monoisotopic (exact) mass is 274 g/mol. The zero-order valence-electron chi connectivity index (χ0n) is 12.8. The molecule has 1 aromatic heterocycles. The second-order valence-corrected chi connectivity index (χ2v) is 6.27. The fourth-order valence-corrected chi connectivity index (χ4v) is 1.76. The minimum Gasteiger partial charge on any atom is -0.485 e. The van der Waals surface area contributed by atoms with E-state index in [9.17, 15) is 0 Å². The molecule has 0 radical (unpaired) electrons. The Hall–Kier alpha value is -1.84. The lowest BCUT2D eigenvalue weighted by Gasteiger charge is -2.19. The van der Waals surface area contributed by atoms with E-state index in [0.717, 1.165) is 5.75 Å². The molecule has 2 rings (SSSR count). The van der Waals surface area contributed by atoms with Crippen LogP contribution in [-0.2, 0) is 12.0 Å². The minimum atomic E-state index is 0.151. The summed E-state index contributed by atoms with van der Waals surface area (Å²) >= 11 is 0. The number of nitrogens with zero attached hydrogens (tertiary/aromatic N) is 2. The SMILES string of the molecule is CC(C)c1nc(COc2ccc(C(C)(C)C)cc2)no1. The average Bonchev–Trinajstić information content (AvgIpc) is 2.85. The molecule has 0 saturated carbocycles. The second kappa shape index (κ2) is 5.65. The van der Waals surface area contributed by atoms with Crippen LogP contribution in [0.3, 0.4) is 0 Å². The molecule has 108 valence electrons. The highest BCUT2D eigenvalue weighted by molar-refractivity contribution is 5.31. The molecular weight excluding hydrogens is 252 g/mol. The second-order valence-electron chi connectivity index (χ2n) is 6.27. The number of aromatic nitrogens is 2. The van der Waals surface area contributed by atoms with Crippen LogP contribution in [0.2, 0.25) is 0 Å². The standard InChI is InChI=1S/C16H22N2O2/c1-11(2)15-17-14(18-20-15)10-19-13-8-6-12(7-9-13)16(3,4)5/h6-9,11H,10H2,1-5H3. The quantitative estimate of drug-likeness (QED) is 0.843. The van der Waals surface area contributed by atoms with Gasteiger partial charge in [-0.3, -0.25) is 0 Å². The highest BCUT2D eigenvalue weighted by atomic mass is 16.5. The van der Waals surface area contributed by atoms with E-state index in [2.05, 4.69) is 43.0 Å². The van der Waals surface area contributed by atoms with Crippen LogP contribution in [0.5, 0.6) is 5.75 Å². The van der Waals surface area contributed by atoms with E-state index in [1.165, 1.54) is 5.56 Å². The predicted octanol–water partition coefficient (Wildman–Crippen LogP) is 4.07. The predicted molar refractivity (Wildman–Crippen MR) is 77.9 cm³/mol. The number of rotatable bonds is 4. The van der Waals surface area contributed by atoms with Gasteiger partial charge in [0.15, 0.2) is 6.61 Å². The third kappa shape index (κ3) is 3.59. The molecule has 1 heterocycles. The zero-order chi connectivity index (χ0) is 14.8. The highest BCUT2D eigenvalue weighted by Crippen LogP contribution is 2.24. The van der Waals surface area contributed by atoms with E-state index < -0.39 is 0 Å². The zero-order valence-corrected chi connectivity index (χ0v) is 12.8. The Morgan fingerprint density at radius 3 is 2.30 bits per heavy atom. The number of benzene rings is 1. The van der Waals surface area contributed by atoms with Gasteiger partial charge >= 0.3 is 0 Å². The molecule has 0 spiro atoms. The van der Waals surface area contributed by atoms with E-state index >= 15 is 0 Å². The summed E-state index contributed by atoms with van der Waals surface area (Å²) in [7, 11) is 0. The van der Waals surface area contributed by atoms with Gasteiger partial charge in [-0.15, -0.1) is 0 Å². The Morgan fingerprint density at radius 1 is 1.15 bits per heavy atom. The molecule has 0 unspecified atom stereocenters. The Morgan fingerprint density at radius 2 is 1.80 bits per heavy atom. The lowest BCUT2D eigenvalue weighted by atomic mass is 9.87. The maximum Gasteiger partial charge on any atom is 0.229 e. The fraction of sp³-hybridized carbons (Fsp3) is 0.500. The van der Waals surface area contributed by atoms with Gasteiger partial charge in [-0.1, -0.05) is 51.9 Å². The Labute approximate surface area is 120 Å². The molecule has 0 fully saturated rings. The first-order chi connectivity index (χ1) is 9.36. The van der Waals surface area contributed by atoms with Crippen LogP contribution in [0.25, 0.3) is 0 Å². The van der Waals surface area contributed by atoms with Gasteiger partial charge in [0.1, 0.15) is 5.75 Å². The van der Waals surface area contributed by atoms with Crippen molar-refractivity contribution in [1.82, 2.24) is 10.1 Å². The van der Waals surface area contributed by atoms with Crippen molar-refractivity contribution in [2.24, 2.45) is 0 Å². The van der Waals surface area contributed by atoms with Gasteiger partial charge in [-0.25, -0.2) is 0 Å². The fourth-order valence-electron chi connectivity index (χ4n) is 1.76. The van der Waals surface area contributed by atoms with Crippen LogP contribution in [-0.4, -0.2) is 10.1 Å². The van der Waals surface area contributed by atoms with Gasteiger partial charge in [0.2, 0.25) is 11.7 Å². The summed E-state index contributed by atoms with van der Waals surface area (Å²) < 4.78 is 10.8. The Kier molecular flexibility index (Phi) is 4.12. The summed E-state index contributed by atoms with van der Waals surface area (Å²) in [4.78, 5) is 4.28. The molecule has 0 atom stereocenters. The maximum atomic E-state index is 5.67. The van der Waals surface area contributed by atoms with E-state index in [1.54, 1.807) is 0 Å². The lowest BCUT2D eigenvalue weighted by Crippen LogP contribution is -2.10. The smallest absolute Gasteiger partial charge is 0.229 e. The van der Waals surface area contributed by atoms with Gasteiger partial charge in [0.25, 0.3) is 0 Å². The van der Waals surface area contributed by atoms with Crippen molar-refractivity contribution >= 4 is 0 Å². The van der Waals surface area contributed by atoms with E-state index in [1.807, 2.05) is 26.0 Å². The summed E-state index contributed by atoms with van der Waals surface area (Å²) in [5.41, 5.74) is 1.43. The van der Waals surface area contributed by atoms with E-state index in [-0.39, 0.29) is 11.3 Å². The molecule has 4 heteroatoms. The van der Waals surface area contributed by atoms with Crippen LogP contribution >= 0.6 is 0 Å². The number of hydrogen-bond acceptors (Lipinski definition) is 4. The van der Waals surface area contributed by atoms with Crippen LogP contribution < -0.4 is 4.74 Å². The Balaban J connectivity index is 1.97. The maximum absolute atomic E-state index is 5.67. The first-order valence-corrected chi connectivity index (χ1v) is 6.92. The molecule has 0 saturated heterocycles. The average molecular weight is 274 g/mol. The van der Waals surface area contributed by atoms with Crippen molar-refractivity contribution in [2.45, 2.75) is 52.6 Å². The van der Waals surface area contributed by atoms with Crippen molar-refractivity contribution in [1.29, 1.82) is 0 Å². The molecule has 0 bridgehead atoms. The molecule has 0 aliphatic rings. The van der Waals surface area contributed by atoms with Crippen molar-refractivity contribution in [3.8, 4) is 5.75 Å². The summed E-state index contributed by atoms with van der Waals surface area (Å²) in [5, 5.41) is 3.90. The molecule has 1 aromatic carbocycles. The third-order valence-electron chi connectivity index (χ3n) is 3.07. The van der Waals surface area contributed by atoms with Gasteiger partial charge in [-0.05, 0) is 23.1 Å². The van der Waals surface area contributed by atoms with Crippen LogP contribution in [0, 0.1) is 0 Å². The van der Waals surface area contributed by atoms with Crippen molar-refractivity contribution in [2.75, 3.05) is 0 Å². The van der Waals surface area contributed by atoms with Crippen molar-refractivity contribution < 1.29 is 9.26 Å². The number of hydrogen-bond donors (Lipinski definition) is 0. The van der Waals surface area contributed by atoms with Gasteiger partial charge < -0.3 is 9.26 Å². The number of ether oxygens (including phenoxy) is 1. The third-order valence-corrected chi connectivity index (χ3v) is 3.07. The molecule has 0 aliphatic carbocycles. The molecule has 2 aromatic rings. The van der Waals surface area contributed by atoms with Crippen LogP contribution in [0.1, 0.15) is 57.8 Å². The topological polar surface area (TPSA) is 48.2 Å². The molecular formula is C16H22N2O2. The highest BCUT2D eigenvalue weighted by Gasteiger charge is 2.13. The van der Waals surface area contributed by atoms with Crippen LogP contribution in [0.4, 0.5) is 0 Å². The summed E-state index contributed by atoms with van der Waals surface area (Å²) in [6.07, 6.45) is 0. The molecule has 0 N–H and O–H groups in total. The molecule has 0 amide bonds. The van der Waals surface area contributed by atoms with Crippen molar-refractivity contribution in [3.05, 3.63) is 41.5 Å². The Bertz CT molecular complexity index is 551. The first kappa shape index (κ1) is 14.6. The van der Waals surface area contributed by atoms with Gasteiger partial charge in [0, 0.05) is 5.92 Å². The first-order valence-electron chi connectivity index (χ1n) is 6.92. The van der Waals surface area contributed by atoms with E-state index in [4.69, 9.17) is 9.26 Å². The molecule has 0 aliphatic heterocycles. The molecule has 4 nitrogen and oxygen atoms in total. The summed E-state index contributed by atoms with van der Waals surface area (Å²) in [6.45, 7) is 10.9. The summed E-state index contributed by atoms with van der Waals surface area (Å²) in [5.74, 6) is 2.27. The van der Waals surface area contributed by atoms with Crippen LogP contribution in [0.15, 0.2) is 28.8 Å². The normalized spacial score (nSPS) is 11.9. The van der Waals surface area contributed by atoms with E-state index in [0.29, 0.717) is 18.3 Å². The summed E-state index contributed by atoms with van der Waals surface area (Å²) in [6, 6.07) is 8.13. The van der Waals surface area contributed by atoms with Gasteiger partial charge in [0.05, 0.1) is 0 Å². The lowest BCUT2D eigenvalue weighted by molar-refractivity contribution is 0.284. The van der Waals surface area contributed by atoms with Crippen molar-refractivity contribution in [3.63, 3.8) is 0 Å². The largest absolute Gasteiger partial charge is 0.485 e. The molecule has 20 heavy (non-hydrogen) atoms. The van der Waals surface area contributed by atoms with Gasteiger partial charge in [-0.2, -0.15) is 4.98 Å².